The molecule has 1 aliphatic carbocycles. The van der Waals surface area contributed by atoms with Crippen LogP contribution in [0.3, 0.4) is 0 Å². The first-order valence-electron chi connectivity index (χ1n) is 4.85. The van der Waals surface area contributed by atoms with Gasteiger partial charge in [-0.25, -0.2) is 0 Å². The fourth-order valence-electron chi connectivity index (χ4n) is 1.91. The van der Waals surface area contributed by atoms with E-state index in [0.717, 1.165) is 5.54 Å². The van der Waals surface area contributed by atoms with Crippen LogP contribution in [0.25, 0.3) is 0 Å². The fourth-order valence-corrected chi connectivity index (χ4v) is 12.0. The molecule has 8 heteroatoms. The Hall–Kier alpha value is 0.708. The molecule has 0 amide bonds. The van der Waals surface area contributed by atoms with Crippen LogP contribution < -0.4 is 0 Å². The first kappa shape index (κ1) is 10.2. The van der Waals surface area contributed by atoms with Gasteiger partial charge in [0, 0.05) is 0 Å². The van der Waals surface area contributed by atoms with Crippen LogP contribution in [0.15, 0.2) is 0 Å². The van der Waals surface area contributed by atoms with E-state index in [4.69, 9.17) is 16.5 Å². The highest BCUT2D eigenvalue weighted by atomic mass is 28.4. The van der Waals surface area contributed by atoms with Crippen molar-refractivity contribution in [3.63, 3.8) is 0 Å². The molecule has 0 aromatic rings. The van der Waals surface area contributed by atoms with Gasteiger partial charge in [-0.1, -0.05) is 12.8 Å². The van der Waals surface area contributed by atoms with E-state index < -0.39 is 39.3 Å². The van der Waals surface area contributed by atoms with Gasteiger partial charge in [-0.15, -0.1) is 0 Å². The Balaban J connectivity index is 1.80. The Labute approximate surface area is 87.3 Å². The number of hydrogen-bond donors (Lipinski definition) is 0. The summed E-state index contributed by atoms with van der Waals surface area (Å²) in [7, 11) is -3.52. The van der Waals surface area contributed by atoms with Gasteiger partial charge in [-0.05, 0) is 18.4 Å². The lowest BCUT2D eigenvalue weighted by atomic mass is 10.4. The second kappa shape index (κ2) is 5.55. The molecule has 0 aromatic heterocycles. The Morgan fingerprint density at radius 2 is 1.54 bits per heavy atom. The van der Waals surface area contributed by atoms with Crippen molar-refractivity contribution in [3.8, 4) is 0 Å². The van der Waals surface area contributed by atoms with Crippen LogP contribution in [0.1, 0.15) is 25.7 Å². The highest BCUT2D eigenvalue weighted by Gasteiger charge is 2.29. The second-order valence-electron chi connectivity index (χ2n) is 3.51. The highest BCUT2D eigenvalue weighted by molar-refractivity contribution is 6.61. The van der Waals surface area contributed by atoms with Gasteiger partial charge in [0.15, 0.2) is 0 Å². The molecule has 0 N–H and O–H groups in total. The smallest absolute Gasteiger partial charge is 0.306 e. The standard InChI is InChI=1S/C5H16O4Si4/c1-2-4-5(3-1)13-8-11-6-10-7-12-9-13/h5,13H,1-4,10-12H2. The molecule has 0 radical (unpaired) electrons. The molecule has 0 aromatic carbocycles. The van der Waals surface area contributed by atoms with Crippen molar-refractivity contribution >= 4 is 39.3 Å². The largest absolute Gasteiger partial charge is 0.425 e. The third kappa shape index (κ3) is 3.09. The third-order valence-corrected chi connectivity index (χ3v) is 10.4. The first-order chi connectivity index (χ1) is 6.47. The summed E-state index contributed by atoms with van der Waals surface area (Å²) in [5.41, 5.74) is 0.756. The molecule has 0 unspecified atom stereocenters. The zero-order valence-corrected chi connectivity index (χ0v) is 13.1. The van der Waals surface area contributed by atoms with E-state index in [9.17, 15) is 0 Å². The Morgan fingerprint density at radius 1 is 0.923 bits per heavy atom. The van der Waals surface area contributed by atoms with E-state index >= 15 is 0 Å². The monoisotopic (exact) mass is 252 g/mol. The minimum atomic E-state index is -1.36. The summed E-state index contributed by atoms with van der Waals surface area (Å²) in [6.45, 7) is 0. The topological polar surface area (TPSA) is 36.9 Å². The summed E-state index contributed by atoms with van der Waals surface area (Å²) in [6.07, 6.45) is 5.36. The lowest BCUT2D eigenvalue weighted by Crippen LogP contribution is -2.36. The van der Waals surface area contributed by atoms with Crippen LogP contribution in [0.4, 0.5) is 0 Å². The lowest BCUT2D eigenvalue weighted by Gasteiger charge is -2.24. The quantitative estimate of drug-likeness (QED) is 0.518. The maximum absolute atomic E-state index is 5.79. The molecule has 1 heterocycles. The average Bonchev–Trinajstić information content (AvgIpc) is 2.55. The normalized spacial score (nSPS) is 38.3. The summed E-state index contributed by atoms with van der Waals surface area (Å²) < 4.78 is 22.4. The molecule has 2 fully saturated rings. The predicted molar refractivity (Wildman–Crippen MR) is 59.3 cm³/mol. The van der Waals surface area contributed by atoms with Gasteiger partial charge in [0.1, 0.15) is 0 Å². The summed E-state index contributed by atoms with van der Waals surface area (Å²) >= 11 is 0. The van der Waals surface area contributed by atoms with Gasteiger partial charge in [0.05, 0.1) is 0 Å². The highest BCUT2D eigenvalue weighted by Crippen LogP contribution is 2.33. The molecular weight excluding hydrogens is 236 g/mol. The van der Waals surface area contributed by atoms with Crippen molar-refractivity contribution in [2.45, 2.75) is 31.2 Å². The Morgan fingerprint density at radius 3 is 2.15 bits per heavy atom. The minimum Gasteiger partial charge on any atom is -0.425 e. The summed E-state index contributed by atoms with van der Waals surface area (Å²) in [5, 5.41) is 0. The summed E-state index contributed by atoms with van der Waals surface area (Å²) in [4.78, 5) is 0. The summed E-state index contributed by atoms with van der Waals surface area (Å²) in [6, 6.07) is 0. The van der Waals surface area contributed by atoms with Crippen LogP contribution >= 0.6 is 0 Å². The Bertz CT molecular complexity index is 145. The van der Waals surface area contributed by atoms with Crippen LogP contribution in [0.2, 0.25) is 5.54 Å². The van der Waals surface area contributed by atoms with Crippen LogP contribution in [0, 0.1) is 0 Å². The molecule has 1 saturated carbocycles. The second-order valence-corrected chi connectivity index (χ2v) is 11.8. The predicted octanol–water partition coefficient (Wildman–Crippen LogP) is -1.77. The minimum absolute atomic E-state index is 0.697. The van der Waals surface area contributed by atoms with Gasteiger partial charge in [-0.3, -0.25) is 0 Å². The third-order valence-electron chi connectivity index (χ3n) is 2.58. The van der Waals surface area contributed by atoms with Gasteiger partial charge in [0.2, 0.25) is 0 Å². The van der Waals surface area contributed by atoms with Crippen molar-refractivity contribution in [1.82, 2.24) is 0 Å². The van der Waals surface area contributed by atoms with Crippen molar-refractivity contribution in [2.24, 2.45) is 0 Å². The van der Waals surface area contributed by atoms with Crippen molar-refractivity contribution in [2.75, 3.05) is 0 Å². The molecule has 1 aliphatic heterocycles. The molecule has 2 aliphatic rings. The Kier molecular flexibility index (Phi) is 4.37. The van der Waals surface area contributed by atoms with Gasteiger partial charge in [0.25, 0.3) is 30.0 Å². The maximum Gasteiger partial charge on any atom is 0.306 e. The molecule has 2 rings (SSSR count). The molecule has 0 bridgehead atoms. The van der Waals surface area contributed by atoms with E-state index in [0.29, 0.717) is 0 Å². The average molecular weight is 253 g/mol. The maximum atomic E-state index is 5.79. The molecule has 0 spiro atoms. The van der Waals surface area contributed by atoms with E-state index in [1.165, 1.54) is 25.7 Å². The van der Waals surface area contributed by atoms with Crippen molar-refractivity contribution < 1.29 is 16.5 Å². The fraction of sp³-hybridized carbons (Fsp3) is 1.00. The molecule has 0 atom stereocenters. The zero-order chi connectivity index (χ0) is 8.93. The van der Waals surface area contributed by atoms with Crippen molar-refractivity contribution in [3.05, 3.63) is 0 Å². The number of hydrogen-bond acceptors (Lipinski definition) is 4. The lowest BCUT2D eigenvalue weighted by molar-refractivity contribution is 0.319. The van der Waals surface area contributed by atoms with Gasteiger partial charge in [-0.2, -0.15) is 0 Å². The van der Waals surface area contributed by atoms with Gasteiger partial charge < -0.3 is 16.5 Å². The molecule has 13 heavy (non-hydrogen) atoms. The SMILES string of the molecule is C1CCC([SiH]2O[SiH2]O[SiH2]O[SiH2]O2)C1. The van der Waals surface area contributed by atoms with E-state index in [1.54, 1.807) is 0 Å². The van der Waals surface area contributed by atoms with E-state index in [-0.39, 0.29) is 0 Å². The van der Waals surface area contributed by atoms with Crippen molar-refractivity contribution in [1.29, 1.82) is 0 Å². The molecular formula is C5H16O4Si4. The number of rotatable bonds is 1. The zero-order valence-electron chi connectivity index (χ0n) is 7.74. The summed E-state index contributed by atoms with van der Waals surface area (Å²) in [5.74, 6) is 0. The molecule has 1 saturated heterocycles. The first-order valence-corrected chi connectivity index (χ1v) is 9.93. The van der Waals surface area contributed by atoms with Crippen LogP contribution in [-0.4, -0.2) is 39.3 Å². The van der Waals surface area contributed by atoms with E-state index in [2.05, 4.69) is 0 Å². The van der Waals surface area contributed by atoms with E-state index in [1.807, 2.05) is 0 Å². The molecule has 4 nitrogen and oxygen atoms in total. The van der Waals surface area contributed by atoms with Crippen LogP contribution in [0.5, 0.6) is 0 Å². The molecule has 76 valence electrons. The van der Waals surface area contributed by atoms with Crippen LogP contribution in [-0.2, 0) is 16.5 Å². The van der Waals surface area contributed by atoms with Gasteiger partial charge >= 0.3 is 9.28 Å².